The summed E-state index contributed by atoms with van der Waals surface area (Å²) in [6, 6.07) is 9.70. The zero-order valence-electron chi connectivity index (χ0n) is 10.3. The number of carboxylic acids is 1. The van der Waals surface area contributed by atoms with Gasteiger partial charge in [-0.25, -0.2) is 19.4 Å². The summed E-state index contributed by atoms with van der Waals surface area (Å²) < 4.78 is 1.42. The number of benzene rings is 1. The van der Waals surface area contributed by atoms with Crippen molar-refractivity contribution in [1.29, 1.82) is 0 Å². The van der Waals surface area contributed by atoms with Gasteiger partial charge in [-0.15, -0.1) is 0 Å². The second kappa shape index (κ2) is 4.93. The van der Waals surface area contributed by atoms with Crippen LogP contribution < -0.4 is 0 Å². The van der Waals surface area contributed by atoms with E-state index in [1.165, 1.54) is 17.1 Å². The molecule has 0 unspecified atom stereocenters. The van der Waals surface area contributed by atoms with Crippen molar-refractivity contribution in [1.82, 2.24) is 19.7 Å². The molecule has 0 aliphatic carbocycles. The smallest absolute Gasteiger partial charge is 0.358 e. The van der Waals surface area contributed by atoms with Crippen LogP contribution in [0.5, 0.6) is 0 Å². The number of carboxylic acid groups (broad SMARTS) is 1. The third-order valence-electron chi connectivity index (χ3n) is 2.79. The molecule has 0 aliphatic rings. The SMILES string of the molecule is O=C(O)c1nccnc1-n1cc(-c2ccccc2)cn1. The van der Waals surface area contributed by atoms with Crippen molar-refractivity contribution in [3.05, 3.63) is 60.8 Å². The Balaban J connectivity index is 2.05. The van der Waals surface area contributed by atoms with Gasteiger partial charge in [0.1, 0.15) is 0 Å². The maximum absolute atomic E-state index is 11.1. The van der Waals surface area contributed by atoms with Crippen molar-refractivity contribution in [3.8, 4) is 16.9 Å². The van der Waals surface area contributed by atoms with Crippen LogP contribution in [0.2, 0.25) is 0 Å². The summed E-state index contributed by atoms with van der Waals surface area (Å²) in [5.74, 6) is -0.938. The lowest BCUT2D eigenvalue weighted by Crippen LogP contribution is -2.10. The summed E-state index contributed by atoms with van der Waals surface area (Å²) in [7, 11) is 0. The highest BCUT2D eigenvalue weighted by molar-refractivity contribution is 5.88. The summed E-state index contributed by atoms with van der Waals surface area (Å²) in [5, 5.41) is 13.3. The first-order valence-electron chi connectivity index (χ1n) is 5.90. The third kappa shape index (κ3) is 2.14. The number of hydrogen-bond acceptors (Lipinski definition) is 4. The zero-order chi connectivity index (χ0) is 13.9. The minimum Gasteiger partial charge on any atom is -0.476 e. The summed E-state index contributed by atoms with van der Waals surface area (Å²) in [5.41, 5.74) is 1.75. The van der Waals surface area contributed by atoms with Crippen LogP contribution >= 0.6 is 0 Å². The van der Waals surface area contributed by atoms with Crippen LogP contribution in [-0.2, 0) is 0 Å². The molecule has 0 aliphatic heterocycles. The molecule has 3 rings (SSSR count). The van der Waals surface area contributed by atoms with E-state index in [2.05, 4.69) is 15.1 Å². The number of aromatic nitrogens is 4. The van der Waals surface area contributed by atoms with Crippen molar-refractivity contribution in [2.45, 2.75) is 0 Å². The lowest BCUT2D eigenvalue weighted by atomic mass is 10.1. The van der Waals surface area contributed by atoms with E-state index in [1.807, 2.05) is 30.3 Å². The molecule has 0 radical (unpaired) electrons. The van der Waals surface area contributed by atoms with E-state index in [1.54, 1.807) is 12.4 Å². The van der Waals surface area contributed by atoms with Crippen molar-refractivity contribution in [2.75, 3.05) is 0 Å². The fraction of sp³-hybridized carbons (Fsp3) is 0. The van der Waals surface area contributed by atoms with Gasteiger partial charge in [0.2, 0.25) is 0 Å². The maximum Gasteiger partial charge on any atom is 0.358 e. The first-order chi connectivity index (χ1) is 9.75. The van der Waals surface area contributed by atoms with Gasteiger partial charge in [-0.3, -0.25) is 0 Å². The molecule has 0 amide bonds. The normalized spacial score (nSPS) is 10.4. The van der Waals surface area contributed by atoms with Gasteiger partial charge >= 0.3 is 5.97 Å². The molecule has 0 saturated carbocycles. The van der Waals surface area contributed by atoms with Crippen LogP contribution in [0.15, 0.2) is 55.1 Å². The van der Waals surface area contributed by atoms with Crippen LogP contribution in [0.4, 0.5) is 0 Å². The Labute approximate surface area is 114 Å². The van der Waals surface area contributed by atoms with Crippen molar-refractivity contribution in [3.63, 3.8) is 0 Å². The molecule has 6 nitrogen and oxygen atoms in total. The van der Waals surface area contributed by atoms with Crippen LogP contribution in [0.3, 0.4) is 0 Å². The Kier molecular flexibility index (Phi) is 2.96. The van der Waals surface area contributed by atoms with Gasteiger partial charge in [0.15, 0.2) is 11.5 Å². The topological polar surface area (TPSA) is 80.9 Å². The summed E-state index contributed by atoms with van der Waals surface area (Å²) in [6.45, 7) is 0. The highest BCUT2D eigenvalue weighted by Crippen LogP contribution is 2.19. The monoisotopic (exact) mass is 266 g/mol. The number of hydrogen-bond donors (Lipinski definition) is 1. The van der Waals surface area contributed by atoms with Crippen LogP contribution in [-0.4, -0.2) is 30.8 Å². The third-order valence-corrected chi connectivity index (χ3v) is 2.79. The van der Waals surface area contributed by atoms with E-state index >= 15 is 0 Å². The molecule has 6 heteroatoms. The predicted octanol–water partition coefficient (Wildman–Crippen LogP) is 2.03. The van der Waals surface area contributed by atoms with Crippen molar-refractivity contribution in [2.24, 2.45) is 0 Å². The predicted molar refractivity (Wildman–Crippen MR) is 71.5 cm³/mol. The van der Waals surface area contributed by atoms with Crippen molar-refractivity contribution >= 4 is 5.97 Å². The molecular formula is C14H10N4O2. The minimum absolute atomic E-state index is 0.129. The first-order valence-corrected chi connectivity index (χ1v) is 5.90. The second-order valence-electron chi connectivity index (χ2n) is 4.07. The van der Waals surface area contributed by atoms with Gasteiger partial charge in [-0.1, -0.05) is 30.3 Å². The molecule has 0 atom stereocenters. The average Bonchev–Trinajstić information content (AvgIpc) is 2.98. The molecule has 98 valence electrons. The highest BCUT2D eigenvalue weighted by atomic mass is 16.4. The van der Waals surface area contributed by atoms with E-state index in [0.29, 0.717) is 0 Å². The molecule has 20 heavy (non-hydrogen) atoms. The van der Waals surface area contributed by atoms with Gasteiger partial charge in [-0.05, 0) is 5.56 Å². The first kappa shape index (κ1) is 12.0. The Hall–Kier alpha value is -3.02. The number of aromatic carboxylic acids is 1. The van der Waals surface area contributed by atoms with Crippen molar-refractivity contribution < 1.29 is 9.90 Å². The standard InChI is InChI=1S/C14H10N4O2/c19-14(20)12-13(16-7-6-15-12)18-9-11(8-17-18)10-4-2-1-3-5-10/h1-9H,(H,19,20). The summed E-state index contributed by atoms with van der Waals surface area (Å²) in [4.78, 5) is 19.0. The molecule has 1 aromatic carbocycles. The van der Waals surface area contributed by atoms with Gasteiger partial charge in [0.25, 0.3) is 0 Å². The van der Waals surface area contributed by atoms with E-state index < -0.39 is 5.97 Å². The summed E-state index contributed by atoms with van der Waals surface area (Å²) in [6.07, 6.45) is 6.17. The number of rotatable bonds is 3. The number of nitrogens with zero attached hydrogens (tertiary/aromatic N) is 4. The molecule has 2 heterocycles. The van der Waals surface area contributed by atoms with Gasteiger partial charge in [-0.2, -0.15) is 5.10 Å². The average molecular weight is 266 g/mol. The Bertz CT molecular complexity index is 753. The van der Waals surface area contributed by atoms with E-state index in [0.717, 1.165) is 11.1 Å². The molecule has 1 N–H and O–H groups in total. The lowest BCUT2D eigenvalue weighted by molar-refractivity contribution is 0.0689. The number of carbonyl (C=O) groups is 1. The maximum atomic E-state index is 11.1. The Morgan fingerprint density at radius 2 is 1.80 bits per heavy atom. The zero-order valence-corrected chi connectivity index (χ0v) is 10.3. The fourth-order valence-electron chi connectivity index (χ4n) is 1.87. The van der Waals surface area contributed by atoms with E-state index in [4.69, 9.17) is 5.11 Å². The molecule has 0 fully saturated rings. The lowest BCUT2D eigenvalue weighted by Gasteiger charge is -2.02. The molecule has 0 bridgehead atoms. The van der Waals surface area contributed by atoms with Crippen LogP contribution in [0, 0.1) is 0 Å². The summed E-state index contributed by atoms with van der Waals surface area (Å²) >= 11 is 0. The highest BCUT2D eigenvalue weighted by Gasteiger charge is 2.15. The molecule has 0 spiro atoms. The molecule has 3 aromatic rings. The molecule has 2 aromatic heterocycles. The minimum atomic E-state index is -1.13. The van der Waals surface area contributed by atoms with Gasteiger partial charge in [0, 0.05) is 24.2 Å². The van der Waals surface area contributed by atoms with Gasteiger partial charge in [0.05, 0.1) is 6.20 Å². The fourth-order valence-corrected chi connectivity index (χ4v) is 1.87. The van der Waals surface area contributed by atoms with Crippen LogP contribution in [0.25, 0.3) is 16.9 Å². The largest absolute Gasteiger partial charge is 0.476 e. The van der Waals surface area contributed by atoms with E-state index in [-0.39, 0.29) is 11.5 Å². The van der Waals surface area contributed by atoms with E-state index in [9.17, 15) is 4.79 Å². The molecular weight excluding hydrogens is 256 g/mol. The van der Waals surface area contributed by atoms with Crippen LogP contribution in [0.1, 0.15) is 10.5 Å². The second-order valence-corrected chi connectivity index (χ2v) is 4.07. The van der Waals surface area contributed by atoms with Gasteiger partial charge < -0.3 is 5.11 Å². The Morgan fingerprint density at radius 1 is 1.05 bits per heavy atom. The quantitative estimate of drug-likeness (QED) is 0.784. The Morgan fingerprint density at radius 3 is 2.55 bits per heavy atom. The molecule has 0 saturated heterocycles.